The van der Waals surface area contributed by atoms with Crippen LogP contribution in [0.4, 0.5) is 0 Å². The average molecular weight is 365 g/mol. The third-order valence-corrected chi connectivity index (χ3v) is 5.26. The van der Waals surface area contributed by atoms with Crippen LogP contribution in [0.3, 0.4) is 0 Å². The zero-order valence-electron chi connectivity index (χ0n) is 14.6. The van der Waals surface area contributed by atoms with Gasteiger partial charge in [-0.25, -0.2) is 0 Å². The van der Waals surface area contributed by atoms with Crippen molar-refractivity contribution in [3.05, 3.63) is 78.4 Å². The summed E-state index contributed by atoms with van der Waals surface area (Å²) in [5.74, 6) is 0.599. The molecule has 0 bridgehead atoms. The largest absolute Gasteiger partial charge is 0.460 e. The molecule has 0 radical (unpaired) electrons. The normalized spacial score (nSPS) is 12.0. The maximum absolute atomic E-state index is 12.0. The Morgan fingerprint density at radius 3 is 2.50 bits per heavy atom. The number of benzene rings is 3. The second-order valence-electron chi connectivity index (χ2n) is 6.20. The van der Waals surface area contributed by atoms with Gasteiger partial charge in [-0.1, -0.05) is 60.7 Å². The minimum Gasteiger partial charge on any atom is -0.460 e. The molecule has 0 saturated heterocycles. The summed E-state index contributed by atoms with van der Waals surface area (Å²) >= 11 is 1.79. The summed E-state index contributed by atoms with van der Waals surface area (Å²) < 4.78 is 5.28. The van der Waals surface area contributed by atoms with Crippen molar-refractivity contribution in [2.24, 2.45) is 5.73 Å². The van der Waals surface area contributed by atoms with E-state index in [1.54, 1.807) is 11.8 Å². The van der Waals surface area contributed by atoms with Crippen LogP contribution in [0.15, 0.2) is 77.7 Å². The predicted molar refractivity (Wildman–Crippen MR) is 108 cm³/mol. The Hall–Kier alpha value is -2.30. The van der Waals surface area contributed by atoms with Crippen LogP contribution in [0.25, 0.3) is 10.8 Å². The molecule has 0 aliphatic carbocycles. The molecule has 1 atom stereocenters. The Labute approximate surface area is 158 Å². The molecule has 3 aromatic carbocycles. The number of thioether (sulfide) groups is 1. The lowest BCUT2D eigenvalue weighted by Gasteiger charge is -2.11. The monoisotopic (exact) mass is 365 g/mol. The maximum Gasteiger partial charge on any atom is 0.323 e. The molecule has 3 nitrogen and oxygen atoms in total. The van der Waals surface area contributed by atoms with E-state index in [9.17, 15) is 4.79 Å². The van der Waals surface area contributed by atoms with E-state index in [1.807, 2.05) is 36.4 Å². The topological polar surface area (TPSA) is 52.3 Å². The van der Waals surface area contributed by atoms with Gasteiger partial charge in [0.15, 0.2) is 0 Å². The smallest absolute Gasteiger partial charge is 0.323 e. The molecular weight excluding hydrogens is 342 g/mol. The minimum absolute atomic E-state index is 0.277. The van der Waals surface area contributed by atoms with E-state index in [1.165, 1.54) is 15.7 Å². The summed E-state index contributed by atoms with van der Waals surface area (Å²) in [6.45, 7) is 0.277. The summed E-state index contributed by atoms with van der Waals surface area (Å²) in [7, 11) is 0. The molecule has 26 heavy (non-hydrogen) atoms. The van der Waals surface area contributed by atoms with Crippen LogP contribution in [0, 0.1) is 0 Å². The summed E-state index contributed by atoms with van der Waals surface area (Å²) in [4.78, 5) is 13.2. The third kappa shape index (κ3) is 5.35. The number of hydrogen-bond donors (Lipinski definition) is 1. The van der Waals surface area contributed by atoms with E-state index < -0.39 is 6.04 Å². The van der Waals surface area contributed by atoms with Gasteiger partial charge in [-0.3, -0.25) is 4.79 Å². The average Bonchev–Trinajstić information content (AvgIpc) is 2.70. The number of nitrogens with two attached hydrogens (primary N) is 1. The van der Waals surface area contributed by atoms with Crippen molar-refractivity contribution < 1.29 is 9.53 Å². The van der Waals surface area contributed by atoms with E-state index in [-0.39, 0.29) is 12.6 Å². The molecule has 0 heterocycles. The number of fused-ring (bicyclic) bond motifs is 1. The van der Waals surface area contributed by atoms with Crippen molar-refractivity contribution in [2.75, 3.05) is 5.75 Å². The molecule has 1 unspecified atom stereocenters. The van der Waals surface area contributed by atoms with Gasteiger partial charge in [-0.15, -0.1) is 11.8 Å². The fourth-order valence-corrected chi connectivity index (χ4v) is 3.63. The van der Waals surface area contributed by atoms with E-state index >= 15 is 0 Å². The number of ether oxygens (including phenoxy) is 1. The van der Waals surface area contributed by atoms with E-state index in [2.05, 4.69) is 36.4 Å². The predicted octanol–water partition coefficient (Wildman–Crippen LogP) is 4.78. The first-order valence-electron chi connectivity index (χ1n) is 8.80. The Kier molecular flexibility index (Phi) is 6.69. The van der Waals surface area contributed by atoms with Crippen LogP contribution < -0.4 is 5.73 Å². The summed E-state index contributed by atoms with van der Waals surface area (Å²) in [5, 5.41) is 2.50. The summed E-state index contributed by atoms with van der Waals surface area (Å²) in [5.41, 5.74) is 6.92. The molecular formula is C22H23NO2S. The first-order valence-corrected chi connectivity index (χ1v) is 9.79. The van der Waals surface area contributed by atoms with Crippen LogP contribution in [-0.2, 0) is 16.1 Å². The molecule has 0 aromatic heterocycles. The molecule has 4 heteroatoms. The first-order chi connectivity index (χ1) is 12.7. The Morgan fingerprint density at radius 1 is 0.962 bits per heavy atom. The van der Waals surface area contributed by atoms with Crippen molar-refractivity contribution >= 4 is 28.5 Å². The Morgan fingerprint density at radius 2 is 1.69 bits per heavy atom. The van der Waals surface area contributed by atoms with Gasteiger partial charge in [0.25, 0.3) is 0 Å². The van der Waals surface area contributed by atoms with Crippen LogP contribution in [-0.4, -0.2) is 17.8 Å². The van der Waals surface area contributed by atoms with Gasteiger partial charge in [0.2, 0.25) is 0 Å². The van der Waals surface area contributed by atoms with Gasteiger partial charge in [-0.05, 0) is 47.1 Å². The Bertz CT molecular complexity index is 851. The van der Waals surface area contributed by atoms with Gasteiger partial charge >= 0.3 is 5.97 Å². The van der Waals surface area contributed by atoms with Crippen LogP contribution >= 0.6 is 11.8 Å². The zero-order chi connectivity index (χ0) is 18.2. The molecule has 0 aliphatic rings. The number of carbonyl (C=O) groups excluding carboxylic acids is 1. The molecule has 0 spiro atoms. The van der Waals surface area contributed by atoms with Gasteiger partial charge in [0, 0.05) is 4.90 Å². The van der Waals surface area contributed by atoms with E-state index in [4.69, 9.17) is 10.5 Å². The SMILES string of the molecule is NC(CCCSc1ccc2ccccc2c1)C(=O)OCc1ccccc1. The lowest BCUT2D eigenvalue weighted by atomic mass is 10.1. The van der Waals surface area contributed by atoms with Gasteiger partial charge < -0.3 is 10.5 Å². The highest BCUT2D eigenvalue weighted by Gasteiger charge is 2.14. The van der Waals surface area contributed by atoms with Gasteiger partial charge in [0.05, 0.1) is 0 Å². The Balaban J connectivity index is 1.38. The number of hydrogen-bond acceptors (Lipinski definition) is 4. The second kappa shape index (κ2) is 9.41. The lowest BCUT2D eigenvalue weighted by molar-refractivity contribution is -0.146. The highest BCUT2D eigenvalue weighted by molar-refractivity contribution is 7.99. The number of rotatable bonds is 8. The van der Waals surface area contributed by atoms with Crippen molar-refractivity contribution in [1.82, 2.24) is 0 Å². The standard InChI is InChI=1S/C22H23NO2S/c23-21(22(24)25-16-17-7-2-1-3-8-17)11-6-14-26-20-13-12-18-9-4-5-10-19(18)15-20/h1-5,7-10,12-13,15,21H,6,11,14,16,23H2. The molecule has 3 rings (SSSR count). The minimum atomic E-state index is -0.559. The van der Waals surface area contributed by atoms with Gasteiger partial charge in [0.1, 0.15) is 12.6 Å². The third-order valence-electron chi connectivity index (χ3n) is 4.18. The zero-order valence-corrected chi connectivity index (χ0v) is 15.5. The summed E-state index contributed by atoms with van der Waals surface area (Å²) in [6, 6.07) is 23.9. The van der Waals surface area contributed by atoms with E-state index in [0.717, 1.165) is 17.7 Å². The summed E-state index contributed by atoms with van der Waals surface area (Å²) in [6.07, 6.45) is 1.51. The maximum atomic E-state index is 12.0. The van der Waals surface area contributed by atoms with Crippen LogP contribution in [0.2, 0.25) is 0 Å². The van der Waals surface area contributed by atoms with Crippen LogP contribution in [0.1, 0.15) is 18.4 Å². The molecule has 0 amide bonds. The van der Waals surface area contributed by atoms with Crippen molar-refractivity contribution in [1.29, 1.82) is 0 Å². The lowest BCUT2D eigenvalue weighted by Crippen LogP contribution is -2.32. The highest BCUT2D eigenvalue weighted by Crippen LogP contribution is 2.24. The molecule has 134 valence electrons. The van der Waals surface area contributed by atoms with Crippen molar-refractivity contribution in [3.8, 4) is 0 Å². The molecule has 2 N–H and O–H groups in total. The quantitative estimate of drug-likeness (QED) is 0.354. The molecule has 0 saturated carbocycles. The van der Waals surface area contributed by atoms with Crippen LogP contribution in [0.5, 0.6) is 0 Å². The van der Waals surface area contributed by atoms with Crippen molar-refractivity contribution in [2.45, 2.75) is 30.4 Å². The first kappa shape index (κ1) is 18.5. The molecule has 3 aromatic rings. The van der Waals surface area contributed by atoms with Crippen molar-refractivity contribution in [3.63, 3.8) is 0 Å². The fourth-order valence-electron chi connectivity index (χ4n) is 2.70. The fraction of sp³-hybridized carbons (Fsp3) is 0.227. The number of carbonyl (C=O) groups is 1. The molecule has 0 aliphatic heterocycles. The van der Waals surface area contributed by atoms with Gasteiger partial charge in [-0.2, -0.15) is 0 Å². The highest BCUT2D eigenvalue weighted by atomic mass is 32.2. The number of esters is 1. The molecule has 0 fully saturated rings. The second-order valence-corrected chi connectivity index (χ2v) is 7.37. The van der Waals surface area contributed by atoms with E-state index in [0.29, 0.717) is 6.42 Å².